The van der Waals surface area contributed by atoms with E-state index in [0.717, 1.165) is 6.42 Å². The quantitative estimate of drug-likeness (QED) is 0.662. The second-order valence-corrected chi connectivity index (χ2v) is 4.82. The summed E-state index contributed by atoms with van der Waals surface area (Å²) in [5.74, 6) is -0.609. The molecule has 0 bridgehead atoms. The molecule has 1 aromatic rings. The Morgan fingerprint density at radius 2 is 2.21 bits per heavy atom. The van der Waals surface area contributed by atoms with E-state index in [1.807, 2.05) is 0 Å². The third-order valence-electron chi connectivity index (χ3n) is 3.23. The Morgan fingerprint density at radius 3 is 2.84 bits per heavy atom. The highest BCUT2D eigenvalue weighted by Gasteiger charge is 2.35. The van der Waals surface area contributed by atoms with E-state index in [1.54, 1.807) is 12.1 Å². The Labute approximate surface area is 116 Å². The Balaban J connectivity index is 2.23. The van der Waals surface area contributed by atoms with Gasteiger partial charge in [0.25, 0.3) is 5.91 Å². The monoisotopic (exact) mass is 282 g/mol. The van der Waals surface area contributed by atoms with Gasteiger partial charge in [-0.3, -0.25) is 4.79 Å². The van der Waals surface area contributed by atoms with Crippen molar-refractivity contribution in [3.63, 3.8) is 0 Å². The van der Waals surface area contributed by atoms with Crippen molar-refractivity contribution in [2.75, 3.05) is 19.4 Å². The van der Waals surface area contributed by atoms with E-state index in [-0.39, 0.29) is 11.9 Å². The third kappa shape index (κ3) is 2.66. The van der Waals surface area contributed by atoms with E-state index in [4.69, 9.17) is 22.1 Å². The first-order chi connectivity index (χ1) is 9.04. The lowest BCUT2D eigenvalue weighted by Gasteiger charge is -2.22. The van der Waals surface area contributed by atoms with Crippen LogP contribution in [0, 0.1) is 0 Å². The van der Waals surface area contributed by atoms with Crippen LogP contribution in [-0.2, 0) is 9.53 Å². The lowest BCUT2D eigenvalue weighted by Crippen LogP contribution is -2.41. The highest BCUT2D eigenvalue weighted by molar-refractivity contribution is 6.33. The number of ether oxygens (including phenoxy) is 1. The molecule has 1 unspecified atom stereocenters. The topological polar surface area (TPSA) is 72.6 Å². The number of amides is 1. The molecule has 6 heteroatoms. The number of anilines is 1. The molecule has 0 spiro atoms. The van der Waals surface area contributed by atoms with Gasteiger partial charge in [-0.15, -0.1) is 0 Å². The molecule has 1 heterocycles. The zero-order chi connectivity index (χ0) is 14.0. The number of methoxy groups -OCH3 is 1. The molecule has 1 atom stereocenters. The van der Waals surface area contributed by atoms with Crippen LogP contribution in [-0.4, -0.2) is 36.5 Å². The first-order valence-corrected chi connectivity index (χ1v) is 6.36. The molecule has 1 fully saturated rings. The minimum Gasteiger partial charge on any atom is -0.467 e. The van der Waals surface area contributed by atoms with Gasteiger partial charge < -0.3 is 15.4 Å². The van der Waals surface area contributed by atoms with Crippen LogP contribution in [0.3, 0.4) is 0 Å². The molecule has 1 aromatic carbocycles. The van der Waals surface area contributed by atoms with Crippen molar-refractivity contribution in [2.24, 2.45) is 0 Å². The molecular weight excluding hydrogens is 268 g/mol. The minimum absolute atomic E-state index is 0.227. The molecule has 2 rings (SSSR count). The van der Waals surface area contributed by atoms with Gasteiger partial charge in [-0.05, 0) is 31.0 Å². The number of halogens is 1. The van der Waals surface area contributed by atoms with Crippen molar-refractivity contribution in [3.05, 3.63) is 28.8 Å². The van der Waals surface area contributed by atoms with Crippen molar-refractivity contribution in [1.29, 1.82) is 0 Å². The number of nitrogen functional groups attached to an aromatic ring is 1. The number of nitrogens with two attached hydrogens (primary N) is 1. The van der Waals surface area contributed by atoms with E-state index in [0.29, 0.717) is 29.2 Å². The second kappa shape index (κ2) is 5.48. The fraction of sp³-hybridized carbons (Fsp3) is 0.385. The Morgan fingerprint density at radius 1 is 1.47 bits per heavy atom. The molecule has 2 N–H and O–H groups in total. The number of hydrogen-bond donors (Lipinski definition) is 1. The number of hydrogen-bond acceptors (Lipinski definition) is 4. The summed E-state index contributed by atoms with van der Waals surface area (Å²) in [6, 6.07) is 4.20. The van der Waals surface area contributed by atoms with Gasteiger partial charge in [0, 0.05) is 12.1 Å². The SMILES string of the molecule is COC(=O)C1CCCN1C(=O)c1ccc(N)c(Cl)c1. The second-order valence-electron chi connectivity index (χ2n) is 4.42. The van der Waals surface area contributed by atoms with Gasteiger partial charge in [-0.2, -0.15) is 0 Å². The molecular formula is C13H15ClN2O3. The van der Waals surface area contributed by atoms with E-state index >= 15 is 0 Å². The average Bonchev–Trinajstić information content (AvgIpc) is 2.89. The van der Waals surface area contributed by atoms with Crippen molar-refractivity contribution < 1.29 is 14.3 Å². The van der Waals surface area contributed by atoms with Crippen molar-refractivity contribution in [3.8, 4) is 0 Å². The lowest BCUT2D eigenvalue weighted by molar-refractivity contribution is -0.145. The number of likely N-dealkylation sites (tertiary alicyclic amines) is 1. The maximum atomic E-state index is 12.4. The molecule has 1 saturated heterocycles. The number of esters is 1. The van der Waals surface area contributed by atoms with E-state index in [1.165, 1.54) is 18.1 Å². The smallest absolute Gasteiger partial charge is 0.328 e. The fourth-order valence-corrected chi connectivity index (χ4v) is 2.40. The zero-order valence-electron chi connectivity index (χ0n) is 10.6. The molecule has 0 aromatic heterocycles. The highest BCUT2D eigenvalue weighted by atomic mass is 35.5. The standard InChI is InChI=1S/C13H15ClN2O3/c1-19-13(18)11-3-2-6-16(11)12(17)8-4-5-10(15)9(14)7-8/h4-5,7,11H,2-3,6,15H2,1H3. The number of nitrogens with zero attached hydrogens (tertiary/aromatic N) is 1. The molecule has 5 nitrogen and oxygen atoms in total. The molecule has 19 heavy (non-hydrogen) atoms. The number of carbonyl (C=O) groups is 2. The van der Waals surface area contributed by atoms with Crippen LogP contribution in [0.2, 0.25) is 5.02 Å². The molecule has 1 aliphatic rings. The van der Waals surface area contributed by atoms with Gasteiger partial charge in [-0.25, -0.2) is 4.79 Å². The van der Waals surface area contributed by atoms with Crippen LogP contribution in [0.1, 0.15) is 23.2 Å². The average molecular weight is 283 g/mol. The first kappa shape index (κ1) is 13.7. The maximum absolute atomic E-state index is 12.4. The largest absolute Gasteiger partial charge is 0.467 e. The summed E-state index contributed by atoms with van der Waals surface area (Å²) in [5.41, 5.74) is 6.45. The summed E-state index contributed by atoms with van der Waals surface area (Å²) < 4.78 is 4.71. The van der Waals surface area contributed by atoms with Gasteiger partial charge in [0.1, 0.15) is 6.04 Å². The highest BCUT2D eigenvalue weighted by Crippen LogP contribution is 2.24. The summed E-state index contributed by atoms with van der Waals surface area (Å²) >= 11 is 5.90. The number of carbonyl (C=O) groups excluding carboxylic acids is 2. The van der Waals surface area contributed by atoms with Gasteiger partial charge in [-0.1, -0.05) is 11.6 Å². The van der Waals surface area contributed by atoms with Gasteiger partial charge in [0.2, 0.25) is 0 Å². The van der Waals surface area contributed by atoms with Crippen LogP contribution in [0.4, 0.5) is 5.69 Å². The summed E-state index contributed by atoms with van der Waals surface area (Å²) in [6.07, 6.45) is 1.41. The molecule has 0 radical (unpaired) electrons. The normalized spacial score (nSPS) is 18.4. The number of benzene rings is 1. The summed E-state index contributed by atoms with van der Waals surface area (Å²) in [6.45, 7) is 0.542. The van der Waals surface area contributed by atoms with Crippen molar-refractivity contribution in [2.45, 2.75) is 18.9 Å². The first-order valence-electron chi connectivity index (χ1n) is 5.98. The van der Waals surface area contributed by atoms with Crippen LogP contribution in [0.15, 0.2) is 18.2 Å². The minimum atomic E-state index is -0.506. The van der Waals surface area contributed by atoms with E-state index in [9.17, 15) is 9.59 Å². The third-order valence-corrected chi connectivity index (χ3v) is 3.56. The van der Waals surface area contributed by atoms with E-state index in [2.05, 4.69) is 0 Å². The van der Waals surface area contributed by atoms with Crippen LogP contribution in [0.5, 0.6) is 0 Å². The molecule has 1 aliphatic heterocycles. The zero-order valence-corrected chi connectivity index (χ0v) is 11.3. The molecule has 102 valence electrons. The van der Waals surface area contributed by atoms with Crippen LogP contribution < -0.4 is 5.73 Å². The van der Waals surface area contributed by atoms with Crippen LogP contribution >= 0.6 is 11.6 Å². The predicted molar refractivity (Wildman–Crippen MR) is 71.9 cm³/mol. The van der Waals surface area contributed by atoms with Gasteiger partial charge >= 0.3 is 5.97 Å². The molecule has 0 aliphatic carbocycles. The van der Waals surface area contributed by atoms with Gasteiger partial charge in [0.15, 0.2) is 0 Å². The van der Waals surface area contributed by atoms with Crippen LogP contribution in [0.25, 0.3) is 0 Å². The summed E-state index contributed by atoms with van der Waals surface area (Å²) in [5, 5.41) is 0.333. The molecule has 1 amide bonds. The van der Waals surface area contributed by atoms with E-state index < -0.39 is 6.04 Å². The summed E-state index contributed by atoms with van der Waals surface area (Å²) in [7, 11) is 1.32. The lowest BCUT2D eigenvalue weighted by atomic mass is 10.1. The number of rotatable bonds is 2. The predicted octanol–water partition coefficient (Wildman–Crippen LogP) is 1.70. The maximum Gasteiger partial charge on any atom is 0.328 e. The molecule has 0 saturated carbocycles. The Kier molecular flexibility index (Phi) is 3.95. The van der Waals surface area contributed by atoms with Gasteiger partial charge in [0.05, 0.1) is 17.8 Å². The Hall–Kier alpha value is -1.75. The van der Waals surface area contributed by atoms with Crippen molar-refractivity contribution in [1.82, 2.24) is 4.90 Å². The summed E-state index contributed by atoms with van der Waals surface area (Å²) in [4.78, 5) is 25.5. The fourth-order valence-electron chi connectivity index (χ4n) is 2.22. The van der Waals surface area contributed by atoms with Crippen molar-refractivity contribution >= 4 is 29.2 Å². The Bertz CT molecular complexity index is 519.